The summed E-state index contributed by atoms with van der Waals surface area (Å²) in [4.78, 5) is 30.5. The van der Waals surface area contributed by atoms with Crippen LogP contribution in [0.2, 0.25) is 0 Å². The third kappa shape index (κ3) is 4.09. The molecule has 0 unspecified atom stereocenters. The lowest BCUT2D eigenvalue weighted by molar-refractivity contribution is -0.129. The quantitative estimate of drug-likeness (QED) is 0.714. The molecule has 28 heavy (non-hydrogen) atoms. The molecule has 1 aliphatic rings. The number of hydrogen-bond donors (Lipinski definition) is 1. The molecule has 3 heterocycles. The summed E-state index contributed by atoms with van der Waals surface area (Å²) in [5.41, 5.74) is 2.63. The summed E-state index contributed by atoms with van der Waals surface area (Å²) in [5, 5.41) is 6.89. The Kier molecular flexibility index (Phi) is 5.14. The van der Waals surface area contributed by atoms with Crippen LogP contribution in [0.3, 0.4) is 0 Å². The molecular formula is C21H20N4O3. The van der Waals surface area contributed by atoms with Crippen LogP contribution >= 0.6 is 0 Å². The highest BCUT2D eigenvalue weighted by atomic mass is 16.5. The second-order valence-electron chi connectivity index (χ2n) is 6.80. The van der Waals surface area contributed by atoms with Gasteiger partial charge in [0.25, 0.3) is 0 Å². The number of rotatable bonds is 6. The summed E-state index contributed by atoms with van der Waals surface area (Å²) in [7, 11) is 0. The molecule has 1 aliphatic heterocycles. The Morgan fingerprint density at radius 1 is 1.21 bits per heavy atom. The zero-order valence-electron chi connectivity index (χ0n) is 15.2. The van der Waals surface area contributed by atoms with Crippen molar-refractivity contribution in [2.75, 3.05) is 6.54 Å². The average Bonchev–Trinajstić information content (AvgIpc) is 3.35. The van der Waals surface area contributed by atoms with Gasteiger partial charge in [0, 0.05) is 43.5 Å². The maximum atomic E-state index is 12.5. The van der Waals surface area contributed by atoms with E-state index < -0.39 is 0 Å². The number of pyridine rings is 1. The summed E-state index contributed by atoms with van der Waals surface area (Å²) in [6, 6.07) is 15.3. The number of carbonyl (C=O) groups is 2. The zero-order valence-corrected chi connectivity index (χ0v) is 15.2. The molecule has 2 amide bonds. The third-order valence-electron chi connectivity index (χ3n) is 4.75. The average molecular weight is 376 g/mol. The fourth-order valence-corrected chi connectivity index (χ4v) is 3.27. The molecule has 2 aromatic heterocycles. The topological polar surface area (TPSA) is 88.3 Å². The third-order valence-corrected chi connectivity index (χ3v) is 4.75. The van der Waals surface area contributed by atoms with Crippen molar-refractivity contribution < 1.29 is 14.1 Å². The van der Waals surface area contributed by atoms with Crippen LogP contribution in [0.1, 0.15) is 17.7 Å². The van der Waals surface area contributed by atoms with Crippen LogP contribution in [0.15, 0.2) is 65.4 Å². The molecule has 0 bridgehead atoms. The molecule has 0 radical (unpaired) electrons. The standard InChI is InChI=1S/C21H20N4O3/c26-20-9-17(14-25(20)13-15-5-4-8-22-11-15)21(27)23-12-18-10-19(24-28-18)16-6-2-1-3-7-16/h1-8,10-11,17H,9,12-14H2,(H,23,27)/t17-/m0/s1. The summed E-state index contributed by atoms with van der Waals surface area (Å²) in [5.74, 6) is 0.0409. The van der Waals surface area contributed by atoms with Gasteiger partial charge in [0.2, 0.25) is 11.8 Å². The van der Waals surface area contributed by atoms with Crippen molar-refractivity contribution in [3.63, 3.8) is 0 Å². The molecule has 1 fully saturated rings. The molecule has 1 aromatic carbocycles. The number of nitrogens with one attached hydrogen (secondary N) is 1. The Bertz CT molecular complexity index is 956. The van der Waals surface area contributed by atoms with Crippen molar-refractivity contribution in [3.05, 3.63) is 72.2 Å². The number of aromatic nitrogens is 2. The monoisotopic (exact) mass is 376 g/mol. The van der Waals surface area contributed by atoms with Crippen LogP contribution in [0.25, 0.3) is 11.3 Å². The second kappa shape index (κ2) is 8.04. The van der Waals surface area contributed by atoms with E-state index in [0.29, 0.717) is 18.8 Å². The lowest BCUT2D eigenvalue weighted by atomic mass is 10.1. The van der Waals surface area contributed by atoms with E-state index in [0.717, 1.165) is 16.8 Å². The van der Waals surface area contributed by atoms with Crippen LogP contribution in [0, 0.1) is 5.92 Å². The van der Waals surface area contributed by atoms with Crippen LogP contribution in [-0.4, -0.2) is 33.4 Å². The van der Waals surface area contributed by atoms with Crippen molar-refractivity contribution in [2.24, 2.45) is 5.92 Å². The largest absolute Gasteiger partial charge is 0.359 e. The Morgan fingerprint density at radius 3 is 2.86 bits per heavy atom. The molecule has 3 aromatic rings. The van der Waals surface area contributed by atoms with Crippen LogP contribution in [-0.2, 0) is 22.7 Å². The predicted octanol–water partition coefficient (Wildman–Crippen LogP) is 2.40. The minimum atomic E-state index is -0.360. The van der Waals surface area contributed by atoms with E-state index in [1.807, 2.05) is 48.5 Å². The first-order valence-corrected chi connectivity index (χ1v) is 9.14. The van der Waals surface area contributed by atoms with Gasteiger partial charge in [-0.25, -0.2) is 0 Å². The Morgan fingerprint density at radius 2 is 2.07 bits per heavy atom. The highest BCUT2D eigenvalue weighted by Gasteiger charge is 2.34. The van der Waals surface area contributed by atoms with Crippen molar-refractivity contribution in [2.45, 2.75) is 19.5 Å². The first-order valence-electron chi connectivity index (χ1n) is 9.14. The smallest absolute Gasteiger partial charge is 0.225 e. The molecule has 7 nitrogen and oxygen atoms in total. The van der Waals surface area contributed by atoms with Gasteiger partial charge in [0.15, 0.2) is 5.76 Å². The summed E-state index contributed by atoms with van der Waals surface area (Å²) in [6.07, 6.45) is 3.64. The molecule has 1 N–H and O–H groups in total. The number of carbonyl (C=O) groups excluding carboxylic acids is 2. The Balaban J connectivity index is 1.31. The number of nitrogens with zero attached hydrogens (tertiary/aromatic N) is 3. The van der Waals surface area contributed by atoms with E-state index in [9.17, 15) is 9.59 Å². The van der Waals surface area contributed by atoms with Gasteiger partial charge in [-0.3, -0.25) is 14.6 Å². The molecule has 1 atom stereocenters. The van der Waals surface area contributed by atoms with Crippen molar-refractivity contribution in [1.82, 2.24) is 20.4 Å². The minimum Gasteiger partial charge on any atom is -0.359 e. The van der Waals surface area contributed by atoms with Gasteiger partial charge < -0.3 is 14.7 Å². The van der Waals surface area contributed by atoms with E-state index in [1.54, 1.807) is 17.3 Å². The lowest BCUT2D eigenvalue weighted by Crippen LogP contribution is -2.32. The maximum Gasteiger partial charge on any atom is 0.225 e. The second-order valence-corrected chi connectivity index (χ2v) is 6.80. The van der Waals surface area contributed by atoms with Gasteiger partial charge in [-0.15, -0.1) is 0 Å². The van der Waals surface area contributed by atoms with E-state index in [1.165, 1.54) is 0 Å². The molecule has 1 saturated heterocycles. The Hall–Kier alpha value is -3.48. The predicted molar refractivity (Wildman–Crippen MR) is 102 cm³/mol. The van der Waals surface area contributed by atoms with E-state index in [4.69, 9.17) is 4.52 Å². The molecular weight excluding hydrogens is 356 g/mol. The SMILES string of the molecule is O=C(NCc1cc(-c2ccccc2)no1)[C@H]1CC(=O)N(Cc2cccnc2)C1. The first kappa shape index (κ1) is 17.9. The van der Waals surface area contributed by atoms with Crippen molar-refractivity contribution >= 4 is 11.8 Å². The summed E-state index contributed by atoms with van der Waals surface area (Å²) < 4.78 is 5.30. The lowest BCUT2D eigenvalue weighted by Gasteiger charge is -2.16. The summed E-state index contributed by atoms with van der Waals surface area (Å²) in [6.45, 7) is 1.12. The number of likely N-dealkylation sites (tertiary alicyclic amines) is 1. The number of hydrogen-bond acceptors (Lipinski definition) is 5. The van der Waals surface area contributed by atoms with Crippen molar-refractivity contribution in [3.8, 4) is 11.3 Å². The highest BCUT2D eigenvalue weighted by Crippen LogP contribution is 2.21. The van der Waals surface area contributed by atoms with Gasteiger partial charge in [-0.1, -0.05) is 41.6 Å². The van der Waals surface area contributed by atoms with E-state index >= 15 is 0 Å². The fourth-order valence-electron chi connectivity index (χ4n) is 3.27. The maximum absolute atomic E-state index is 12.5. The van der Waals surface area contributed by atoms with Crippen LogP contribution < -0.4 is 5.32 Å². The zero-order chi connectivity index (χ0) is 19.3. The van der Waals surface area contributed by atoms with E-state index in [-0.39, 0.29) is 30.7 Å². The molecule has 0 spiro atoms. The fraction of sp³-hybridized carbons (Fsp3) is 0.238. The normalized spacial score (nSPS) is 16.4. The molecule has 7 heteroatoms. The van der Waals surface area contributed by atoms with Gasteiger partial charge in [0.05, 0.1) is 12.5 Å². The van der Waals surface area contributed by atoms with Gasteiger partial charge in [-0.05, 0) is 11.6 Å². The highest BCUT2D eigenvalue weighted by molar-refractivity contribution is 5.89. The molecule has 0 aliphatic carbocycles. The number of amides is 2. The molecule has 142 valence electrons. The minimum absolute atomic E-state index is 0.0185. The first-order chi connectivity index (χ1) is 13.7. The van der Waals surface area contributed by atoms with Gasteiger partial charge in [0.1, 0.15) is 5.69 Å². The van der Waals surface area contributed by atoms with Crippen molar-refractivity contribution in [1.29, 1.82) is 0 Å². The van der Waals surface area contributed by atoms with E-state index in [2.05, 4.69) is 15.5 Å². The van der Waals surface area contributed by atoms with Gasteiger partial charge >= 0.3 is 0 Å². The summed E-state index contributed by atoms with van der Waals surface area (Å²) >= 11 is 0. The van der Waals surface area contributed by atoms with Crippen LogP contribution in [0.5, 0.6) is 0 Å². The van der Waals surface area contributed by atoms with Crippen LogP contribution in [0.4, 0.5) is 0 Å². The number of benzene rings is 1. The Labute approximate surface area is 162 Å². The molecule has 4 rings (SSSR count). The molecule has 0 saturated carbocycles. The van der Waals surface area contributed by atoms with Gasteiger partial charge in [-0.2, -0.15) is 0 Å².